The zero-order valence-corrected chi connectivity index (χ0v) is 17.0. The first-order valence-electron chi connectivity index (χ1n) is 9.23. The summed E-state index contributed by atoms with van der Waals surface area (Å²) in [5, 5.41) is 5.85. The third-order valence-electron chi connectivity index (χ3n) is 4.82. The number of halogens is 2. The first-order valence-corrected chi connectivity index (χ1v) is 9.98. The van der Waals surface area contributed by atoms with Crippen molar-refractivity contribution in [2.24, 2.45) is 0 Å². The van der Waals surface area contributed by atoms with E-state index < -0.39 is 0 Å². The number of aromatic nitrogens is 1. The van der Waals surface area contributed by atoms with Crippen molar-refractivity contribution in [3.63, 3.8) is 0 Å². The van der Waals surface area contributed by atoms with Crippen LogP contribution in [0.15, 0.2) is 83.3 Å². The first kappa shape index (κ1) is 18.7. The van der Waals surface area contributed by atoms with Crippen molar-refractivity contribution in [2.45, 2.75) is 0 Å². The smallest absolute Gasteiger partial charge is 0.255 e. The molecule has 4 nitrogen and oxygen atoms in total. The molecule has 5 rings (SSSR count). The number of anilines is 1. The van der Waals surface area contributed by atoms with Gasteiger partial charge in [0.05, 0.1) is 10.0 Å². The predicted octanol–water partition coefficient (Wildman–Crippen LogP) is 7.21. The zero-order chi connectivity index (χ0) is 20.7. The van der Waals surface area contributed by atoms with Gasteiger partial charge in [-0.05, 0) is 59.3 Å². The Bertz CT molecular complexity index is 1430. The molecule has 146 valence electrons. The van der Waals surface area contributed by atoms with Crippen LogP contribution in [0.1, 0.15) is 10.4 Å². The van der Waals surface area contributed by atoms with Crippen molar-refractivity contribution < 1.29 is 9.21 Å². The van der Waals surface area contributed by atoms with Crippen LogP contribution in [-0.2, 0) is 0 Å². The Labute approximate surface area is 182 Å². The molecule has 0 fully saturated rings. The van der Waals surface area contributed by atoms with Crippen LogP contribution in [0.3, 0.4) is 0 Å². The lowest BCUT2D eigenvalue weighted by molar-refractivity contribution is 0.102. The number of nitrogens with zero attached hydrogens (tertiary/aromatic N) is 1. The second kappa shape index (κ2) is 7.48. The van der Waals surface area contributed by atoms with E-state index in [4.69, 9.17) is 27.6 Å². The van der Waals surface area contributed by atoms with E-state index in [1.165, 1.54) is 6.07 Å². The third kappa shape index (κ3) is 3.52. The number of carbonyl (C=O) groups is 1. The fourth-order valence-corrected chi connectivity index (χ4v) is 3.59. The lowest BCUT2D eigenvalue weighted by atomic mass is 10.1. The molecule has 4 aromatic carbocycles. The van der Waals surface area contributed by atoms with Gasteiger partial charge >= 0.3 is 0 Å². The monoisotopic (exact) mass is 432 g/mol. The Morgan fingerprint density at radius 2 is 1.67 bits per heavy atom. The molecule has 0 radical (unpaired) electrons. The molecular weight excluding hydrogens is 419 g/mol. The van der Waals surface area contributed by atoms with Crippen LogP contribution >= 0.6 is 23.2 Å². The number of benzene rings is 4. The first-order chi connectivity index (χ1) is 14.6. The van der Waals surface area contributed by atoms with Crippen LogP contribution in [-0.4, -0.2) is 10.9 Å². The van der Waals surface area contributed by atoms with E-state index in [0.29, 0.717) is 38.3 Å². The molecule has 1 amide bonds. The van der Waals surface area contributed by atoms with Crippen LogP contribution in [0.2, 0.25) is 10.0 Å². The average molecular weight is 433 g/mol. The topological polar surface area (TPSA) is 55.1 Å². The molecule has 0 saturated heterocycles. The lowest BCUT2D eigenvalue weighted by Crippen LogP contribution is -2.11. The van der Waals surface area contributed by atoms with Gasteiger partial charge in [0, 0.05) is 16.8 Å². The number of hydrogen-bond donors (Lipinski definition) is 1. The molecule has 6 heteroatoms. The van der Waals surface area contributed by atoms with Gasteiger partial charge in [-0.25, -0.2) is 4.98 Å². The summed E-state index contributed by atoms with van der Waals surface area (Å²) < 4.78 is 5.92. The number of rotatable bonds is 3. The summed E-state index contributed by atoms with van der Waals surface area (Å²) in [6.07, 6.45) is 0. The Morgan fingerprint density at radius 3 is 2.50 bits per heavy atom. The largest absolute Gasteiger partial charge is 0.436 e. The van der Waals surface area contributed by atoms with Gasteiger partial charge in [0.2, 0.25) is 5.89 Å². The van der Waals surface area contributed by atoms with Crippen molar-refractivity contribution in [1.82, 2.24) is 4.98 Å². The molecule has 1 heterocycles. The fraction of sp³-hybridized carbons (Fsp3) is 0. The molecule has 0 atom stereocenters. The molecule has 1 aromatic heterocycles. The number of hydrogen-bond acceptors (Lipinski definition) is 3. The number of fused-ring (bicyclic) bond motifs is 2. The minimum absolute atomic E-state index is 0.286. The maximum Gasteiger partial charge on any atom is 0.255 e. The van der Waals surface area contributed by atoms with E-state index in [0.717, 1.165) is 16.3 Å². The summed E-state index contributed by atoms with van der Waals surface area (Å²) in [5.74, 6) is 0.245. The second-order valence-corrected chi connectivity index (χ2v) is 7.66. The van der Waals surface area contributed by atoms with Gasteiger partial charge in [-0.3, -0.25) is 4.79 Å². The quantitative estimate of drug-likeness (QED) is 0.327. The van der Waals surface area contributed by atoms with E-state index in [9.17, 15) is 4.79 Å². The van der Waals surface area contributed by atoms with Crippen LogP contribution < -0.4 is 5.32 Å². The number of carbonyl (C=O) groups excluding carboxylic acids is 1. The molecule has 0 aliphatic heterocycles. The standard InChI is InChI=1S/C24H14Cl2N2O2/c25-19-9-7-16(12-20(19)26)23(29)27-18-8-10-22-21(13-18)28-24(30-22)17-6-5-14-3-1-2-4-15(14)11-17/h1-13H,(H,27,29). The highest BCUT2D eigenvalue weighted by Gasteiger charge is 2.12. The summed E-state index contributed by atoms with van der Waals surface area (Å²) in [4.78, 5) is 17.1. The number of oxazole rings is 1. The van der Waals surface area contributed by atoms with Gasteiger partial charge in [-0.1, -0.05) is 53.5 Å². The summed E-state index contributed by atoms with van der Waals surface area (Å²) in [6.45, 7) is 0. The Kier molecular flexibility index (Phi) is 4.66. The third-order valence-corrected chi connectivity index (χ3v) is 5.56. The molecule has 0 bridgehead atoms. The van der Waals surface area contributed by atoms with Crippen LogP contribution in [0.25, 0.3) is 33.3 Å². The summed E-state index contributed by atoms with van der Waals surface area (Å²) in [7, 11) is 0. The van der Waals surface area contributed by atoms with Gasteiger partial charge in [-0.15, -0.1) is 0 Å². The fourth-order valence-electron chi connectivity index (χ4n) is 3.29. The molecule has 0 aliphatic rings. The highest BCUT2D eigenvalue weighted by Crippen LogP contribution is 2.29. The molecule has 0 saturated carbocycles. The van der Waals surface area contributed by atoms with E-state index in [-0.39, 0.29) is 5.91 Å². The van der Waals surface area contributed by atoms with Crippen molar-refractivity contribution in [1.29, 1.82) is 0 Å². The van der Waals surface area contributed by atoms with Crippen molar-refractivity contribution in [3.8, 4) is 11.5 Å². The molecular formula is C24H14Cl2N2O2. The number of amides is 1. The predicted molar refractivity (Wildman–Crippen MR) is 121 cm³/mol. The normalized spacial score (nSPS) is 11.1. The minimum Gasteiger partial charge on any atom is -0.436 e. The lowest BCUT2D eigenvalue weighted by Gasteiger charge is -2.06. The zero-order valence-electron chi connectivity index (χ0n) is 15.5. The van der Waals surface area contributed by atoms with Crippen LogP contribution in [0.4, 0.5) is 5.69 Å². The molecule has 0 aliphatic carbocycles. The summed E-state index contributed by atoms with van der Waals surface area (Å²) in [6, 6.07) is 24.3. The Balaban J connectivity index is 1.44. The van der Waals surface area contributed by atoms with Crippen LogP contribution in [0, 0.1) is 0 Å². The van der Waals surface area contributed by atoms with Gasteiger partial charge in [0.1, 0.15) is 5.52 Å². The molecule has 0 unspecified atom stereocenters. The van der Waals surface area contributed by atoms with E-state index in [2.05, 4.69) is 22.4 Å². The van der Waals surface area contributed by atoms with E-state index >= 15 is 0 Å². The molecule has 1 N–H and O–H groups in total. The Morgan fingerprint density at radius 1 is 0.833 bits per heavy atom. The summed E-state index contributed by atoms with van der Waals surface area (Å²) in [5.41, 5.74) is 3.22. The highest BCUT2D eigenvalue weighted by molar-refractivity contribution is 6.42. The van der Waals surface area contributed by atoms with Crippen molar-refractivity contribution in [2.75, 3.05) is 5.32 Å². The van der Waals surface area contributed by atoms with Gasteiger partial charge in [0.25, 0.3) is 5.91 Å². The average Bonchev–Trinajstić information content (AvgIpc) is 3.18. The van der Waals surface area contributed by atoms with E-state index in [1.54, 1.807) is 30.3 Å². The second-order valence-electron chi connectivity index (χ2n) is 6.85. The Hall–Kier alpha value is -3.34. The van der Waals surface area contributed by atoms with Crippen molar-refractivity contribution in [3.05, 3.63) is 94.5 Å². The molecule has 0 spiro atoms. The minimum atomic E-state index is -0.286. The highest BCUT2D eigenvalue weighted by atomic mass is 35.5. The maximum absolute atomic E-state index is 12.5. The van der Waals surface area contributed by atoms with E-state index in [1.807, 2.05) is 30.3 Å². The number of nitrogens with one attached hydrogen (secondary N) is 1. The van der Waals surface area contributed by atoms with Gasteiger partial charge in [-0.2, -0.15) is 0 Å². The summed E-state index contributed by atoms with van der Waals surface area (Å²) >= 11 is 11.9. The van der Waals surface area contributed by atoms with Gasteiger partial charge in [0.15, 0.2) is 5.58 Å². The SMILES string of the molecule is O=C(Nc1ccc2oc(-c3ccc4ccccc4c3)nc2c1)c1ccc(Cl)c(Cl)c1. The maximum atomic E-state index is 12.5. The van der Waals surface area contributed by atoms with Crippen molar-refractivity contribution >= 4 is 56.7 Å². The van der Waals surface area contributed by atoms with Crippen LogP contribution in [0.5, 0.6) is 0 Å². The van der Waals surface area contributed by atoms with Gasteiger partial charge < -0.3 is 9.73 Å². The molecule has 30 heavy (non-hydrogen) atoms. The molecule has 5 aromatic rings.